The second-order valence-corrected chi connectivity index (χ2v) is 8.16. The van der Waals surface area contributed by atoms with Gasteiger partial charge in [-0.1, -0.05) is 12.1 Å². The molecule has 0 spiro atoms. The number of ether oxygens (including phenoxy) is 1. The molecule has 1 aromatic carbocycles. The summed E-state index contributed by atoms with van der Waals surface area (Å²) in [5.41, 5.74) is 0.571. The van der Waals surface area contributed by atoms with Gasteiger partial charge in [-0.3, -0.25) is 4.79 Å². The molecule has 27 heavy (non-hydrogen) atoms. The minimum atomic E-state index is -1.09. The molecule has 0 aliphatic carbocycles. The first-order valence-corrected chi connectivity index (χ1v) is 9.27. The van der Waals surface area contributed by atoms with Gasteiger partial charge in [-0.25, -0.2) is 9.59 Å². The quantitative estimate of drug-likeness (QED) is 0.858. The van der Waals surface area contributed by atoms with Gasteiger partial charge in [-0.15, -0.1) is 0 Å². The van der Waals surface area contributed by atoms with Crippen LogP contribution < -0.4 is 0 Å². The second kappa shape index (κ2) is 6.87. The van der Waals surface area contributed by atoms with E-state index in [1.807, 2.05) is 33.8 Å². The summed E-state index contributed by atoms with van der Waals surface area (Å²) in [6.45, 7) is 8.45. The summed E-state index contributed by atoms with van der Waals surface area (Å²) in [7, 11) is 0. The highest BCUT2D eigenvalue weighted by molar-refractivity contribution is 6.08. The predicted octanol–water partition coefficient (Wildman–Crippen LogP) is 3.30. The third kappa shape index (κ3) is 3.63. The number of rotatable bonds is 2. The van der Waals surface area contributed by atoms with E-state index in [0.29, 0.717) is 31.5 Å². The van der Waals surface area contributed by atoms with Gasteiger partial charge >= 0.3 is 12.1 Å². The highest BCUT2D eigenvalue weighted by Crippen LogP contribution is 2.38. The zero-order valence-corrected chi connectivity index (χ0v) is 16.2. The summed E-state index contributed by atoms with van der Waals surface area (Å²) in [5.74, 6) is -1.32. The van der Waals surface area contributed by atoms with Gasteiger partial charge in [-0.05, 0) is 52.2 Å². The fourth-order valence-corrected chi connectivity index (χ4v) is 3.93. The van der Waals surface area contributed by atoms with Crippen molar-refractivity contribution in [2.45, 2.75) is 58.2 Å². The highest BCUT2D eigenvalue weighted by Gasteiger charge is 2.42. The lowest BCUT2D eigenvalue weighted by atomic mass is 10.00. The van der Waals surface area contributed by atoms with E-state index in [-0.39, 0.29) is 29.6 Å². The van der Waals surface area contributed by atoms with Crippen LogP contribution in [0.1, 0.15) is 72.9 Å². The van der Waals surface area contributed by atoms with Gasteiger partial charge in [0.1, 0.15) is 5.60 Å². The van der Waals surface area contributed by atoms with E-state index < -0.39 is 11.6 Å². The van der Waals surface area contributed by atoms with Crippen molar-refractivity contribution in [2.75, 3.05) is 13.1 Å². The van der Waals surface area contributed by atoms with E-state index in [2.05, 4.69) is 0 Å². The number of carbonyl (C=O) groups is 3. The Balaban J connectivity index is 1.72. The number of amides is 2. The van der Waals surface area contributed by atoms with Crippen molar-refractivity contribution in [1.82, 2.24) is 9.80 Å². The normalized spacial score (nSPS) is 20.6. The molecule has 1 aromatic rings. The molecule has 0 aromatic heterocycles. The second-order valence-electron chi connectivity index (χ2n) is 8.16. The number of aromatic carboxylic acids is 1. The minimum absolute atomic E-state index is 0.0276. The smallest absolute Gasteiger partial charge is 0.410 e. The maximum atomic E-state index is 13.0. The molecule has 0 radical (unpaired) electrons. The first kappa shape index (κ1) is 19.2. The fourth-order valence-electron chi connectivity index (χ4n) is 3.93. The van der Waals surface area contributed by atoms with Crippen LogP contribution in [0, 0.1) is 0 Å². The van der Waals surface area contributed by atoms with Gasteiger partial charge in [0, 0.05) is 19.1 Å². The molecule has 3 rings (SSSR count). The van der Waals surface area contributed by atoms with Crippen LogP contribution >= 0.6 is 0 Å². The van der Waals surface area contributed by atoms with E-state index in [1.165, 1.54) is 6.07 Å². The molecule has 1 fully saturated rings. The van der Waals surface area contributed by atoms with Crippen molar-refractivity contribution in [1.29, 1.82) is 0 Å². The molecule has 2 amide bonds. The zero-order valence-electron chi connectivity index (χ0n) is 16.2. The van der Waals surface area contributed by atoms with Gasteiger partial charge in [0.15, 0.2) is 0 Å². The standard InChI is InChI=1S/C20H26N2O5/c1-12-14-6-5-7-15(18(24)25)16(14)17(23)22(12)13-8-10-21(11-9-13)19(26)27-20(2,3)4/h5-7,12-13H,8-11H2,1-4H3,(H,24,25). The monoisotopic (exact) mass is 374 g/mol. The highest BCUT2D eigenvalue weighted by atomic mass is 16.6. The summed E-state index contributed by atoms with van der Waals surface area (Å²) in [5, 5.41) is 9.41. The zero-order chi connectivity index (χ0) is 19.9. The molecule has 2 aliphatic rings. The van der Waals surface area contributed by atoms with E-state index in [1.54, 1.807) is 15.9 Å². The van der Waals surface area contributed by atoms with Crippen LogP contribution in [0.25, 0.3) is 0 Å². The SMILES string of the molecule is CC1c2cccc(C(=O)O)c2C(=O)N1C1CCN(C(=O)OC(C)(C)C)CC1. The van der Waals surface area contributed by atoms with Crippen molar-refractivity contribution in [3.05, 3.63) is 34.9 Å². The van der Waals surface area contributed by atoms with Crippen LogP contribution in [-0.4, -0.2) is 57.6 Å². The summed E-state index contributed by atoms with van der Waals surface area (Å²) in [4.78, 5) is 40.2. The number of carbonyl (C=O) groups excluding carboxylic acids is 2. The predicted molar refractivity (Wildman–Crippen MR) is 98.8 cm³/mol. The average molecular weight is 374 g/mol. The molecule has 1 saturated heterocycles. The van der Waals surface area contributed by atoms with E-state index in [9.17, 15) is 19.5 Å². The lowest BCUT2D eigenvalue weighted by molar-refractivity contribution is 0.0131. The molecule has 146 valence electrons. The number of piperidine rings is 1. The number of carboxylic acid groups (broad SMARTS) is 1. The molecule has 2 heterocycles. The van der Waals surface area contributed by atoms with Crippen LogP contribution in [0.3, 0.4) is 0 Å². The Hall–Kier alpha value is -2.57. The molecule has 1 N–H and O–H groups in total. The largest absolute Gasteiger partial charge is 0.478 e. The summed E-state index contributed by atoms with van der Waals surface area (Å²) < 4.78 is 5.41. The molecule has 1 atom stereocenters. The number of likely N-dealkylation sites (tertiary alicyclic amines) is 1. The third-order valence-electron chi connectivity index (χ3n) is 5.15. The Morgan fingerprint density at radius 3 is 2.37 bits per heavy atom. The van der Waals surface area contributed by atoms with Crippen LogP contribution in [0.5, 0.6) is 0 Å². The molecule has 1 unspecified atom stereocenters. The lowest BCUT2D eigenvalue weighted by Crippen LogP contribution is -2.48. The van der Waals surface area contributed by atoms with E-state index in [4.69, 9.17) is 4.74 Å². The summed E-state index contributed by atoms with van der Waals surface area (Å²) >= 11 is 0. The number of benzene rings is 1. The van der Waals surface area contributed by atoms with Crippen molar-refractivity contribution in [2.24, 2.45) is 0 Å². The molecule has 0 bridgehead atoms. The topological polar surface area (TPSA) is 87.2 Å². The van der Waals surface area contributed by atoms with Crippen molar-refractivity contribution < 1.29 is 24.2 Å². The Kier molecular flexibility index (Phi) is 4.88. The molecule has 0 saturated carbocycles. The Morgan fingerprint density at radius 1 is 1.19 bits per heavy atom. The van der Waals surface area contributed by atoms with Gasteiger partial charge in [0.2, 0.25) is 0 Å². The van der Waals surface area contributed by atoms with Crippen LogP contribution in [0.15, 0.2) is 18.2 Å². The summed E-state index contributed by atoms with van der Waals surface area (Å²) in [6.07, 6.45) is 0.954. The van der Waals surface area contributed by atoms with Gasteiger partial charge in [0.25, 0.3) is 5.91 Å². The lowest BCUT2D eigenvalue weighted by Gasteiger charge is -2.39. The maximum Gasteiger partial charge on any atom is 0.410 e. The first-order valence-electron chi connectivity index (χ1n) is 9.27. The maximum absolute atomic E-state index is 13.0. The number of carboxylic acids is 1. The fraction of sp³-hybridized carbons (Fsp3) is 0.550. The average Bonchev–Trinajstić information content (AvgIpc) is 2.84. The number of nitrogens with zero attached hydrogens (tertiary/aromatic N) is 2. The molecule has 7 nitrogen and oxygen atoms in total. The minimum Gasteiger partial charge on any atom is -0.478 e. The van der Waals surface area contributed by atoms with Crippen molar-refractivity contribution >= 4 is 18.0 Å². The Morgan fingerprint density at radius 2 is 1.81 bits per heavy atom. The first-order chi connectivity index (χ1) is 12.6. The van der Waals surface area contributed by atoms with E-state index in [0.717, 1.165) is 5.56 Å². The number of hydrogen-bond acceptors (Lipinski definition) is 4. The van der Waals surface area contributed by atoms with Crippen molar-refractivity contribution in [3.8, 4) is 0 Å². The van der Waals surface area contributed by atoms with Gasteiger partial charge in [0.05, 0.1) is 17.2 Å². The molecule has 7 heteroatoms. The number of fused-ring (bicyclic) bond motifs is 1. The van der Waals surface area contributed by atoms with Crippen molar-refractivity contribution in [3.63, 3.8) is 0 Å². The van der Waals surface area contributed by atoms with Crippen LogP contribution in [-0.2, 0) is 4.74 Å². The summed E-state index contributed by atoms with van der Waals surface area (Å²) in [6, 6.07) is 4.77. The van der Waals surface area contributed by atoms with Crippen LogP contribution in [0.4, 0.5) is 4.79 Å². The molecular formula is C20H26N2O5. The molecular weight excluding hydrogens is 348 g/mol. The van der Waals surface area contributed by atoms with Gasteiger partial charge in [-0.2, -0.15) is 0 Å². The number of hydrogen-bond donors (Lipinski definition) is 1. The van der Waals surface area contributed by atoms with E-state index >= 15 is 0 Å². The molecule has 2 aliphatic heterocycles. The van der Waals surface area contributed by atoms with Crippen LogP contribution in [0.2, 0.25) is 0 Å². The van der Waals surface area contributed by atoms with Gasteiger partial charge < -0.3 is 19.6 Å². The third-order valence-corrected chi connectivity index (χ3v) is 5.15. The Bertz CT molecular complexity index is 775. The Labute approximate surface area is 158 Å².